The minimum absolute atomic E-state index is 0.142. The van der Waals surface area contributed by atoms with Crippen molar-refractivity contribution in [1.29, 1.82) is 0 Å². The van der Waals surface area contributed by atoms with Crippen LogP contribution in [0, 0.1) is 13.8 Å². The zero-order chi connectivity index (χ0) is 14.0. The molecule has 4 nitrogen and oxygen atoms in total. The smallest absolute Gasteiger partial charge is 0.115 e. The number of hydrogen-bond acceptors (Lipinski definition) is 3. The van der Waals surface area contributed by atoms with Crippen LogP contribution in [0.2, 0.25) is 0 Å². The lowest BCUT2D eigenvalue weighted by molar-refractivity contribution is 0.475. The lowest BCUT2D eigenvalue weighted by Gasteiger charge is -2.07. The molecule has 0 amide bonds. The second-order valence-electron chi connectivity index (χ2n) is 5.15. The first-order chi connectivity index (χ1) is 8.97. The maximum atomic E-state index is 9.29. The van der Waals surface area contributed by atoms with E-state index in [4.69, 9.17) is 5.73 Å². The lowest BCUT2D eigenvalue weighted by Crippen LogP contribution is -2.18. The maximum Gasteiger partial charge on any atom is 0.115 e. The molecule has 3 N–H and O–H groups in total. The topological polar surface area (TPSA) is 64.1 Å². The molecule has 0 fully saturated rings. The van der Waals surface area contributed by atoms with E-state index in [1.807, 2.05) is 30.7 Å². The molecule has 102 valence electrons. The molecule has 0 spiro atoms. The Morgan fingerprint density at radius 2 is 1.89 bits per heavy atom. The van der Waals surface area contributed by atoms with Crippen molar-refractivity contribution >= 4 is 0 Å². The predicted octanol–water partition coefficient (Wildman–Crippen LogP) is 2.14. The van der Waals surface area contributed by atoms with Crippen molar-refractivity contribution in [3.63, 3.8) is 0 Å². The fraction of sp³-hybridized carbons (Fsp3) is 0.400. The quantitative estimate of drug-likeness (QED) is 0.884. The number of phenolic OH excluding ortho intramolecular Hbond substituents is 1. The average Bonchev–Trinajstić information content (AvgIpc) is 2.60. The summed E-state index contributed by atoms with van der Waals surface area (Å²) in [5.41, 5.74) is 10.5. The number of nitrogens with two attached hydrogens (primary N) is 1. The van der Waals surface area contributed by atoms with Gasteiger partial charge >= 0.3 is 0 Å². The zero-order valence-corrected chi connectivity index (χ0v) is 11.7. The Balaban J connectivity index is 2.23. The van der Waals surface area contributed by atoms with Gasteiger partial charge in [-0.15, -0.1) is 0 Å². The summed E-state index contributed by atoms with van der Waals surface area (Å²) in [6.45, 7) is 6.83. The summed E-state index contributed by atoms with van der Waals surface area (Å²) in [5, 5.41) is 13.9. The SMILES string of the molecule is Cc1nn(Cc2ccc(O)cc2)c(C)c1CC(C)N. The van der Waals surface area contributed by atoms with Gasteiger partial charge in [0.05, 0.1) is 12.2 Å². The largest absolute Gasteiger partial charge is 0.508 e. The van der Waals surface area contributed by atoms with Gasteiger partial charge in [0.25, 0.3) is 0 Å². The summed E-state index contributed by atoms with van der Waals surface area (Å²) in [5.74, 6) is 0.287. The number of aromatic nitrogens is 2. The van der Waals surface area contributed by atoms with Crippen LogP contribution in [0.15, 0.2) is 24.3 Å². The molecule has 0 saturated carbocycles. The fourth-order valence-electron chi connectivity index (χ4n) is 2.28. The molecule has 1 unspecified atom stereocenters. The second kappa shape index (κ2) is 5.45. The Bertz CT molecular complexity index is 556. The van der Waals surface area contributed by atoms with Crippen LogP contribution < -0.4 is 5.73 Å². The average molecular weight is 259 g/mol. The van der Waals surface area contributed by atoms with Crippen molar-refractivity contribution in [2.24, 2.45) is 5.73 Å². The van der Waals surface area contributed by atoms with E-state index in [9.17, 15) is 5.11 Å². The highest BCUT2D eigenvalue weighted by Crippen LogP contribution is 2.17. The number of benzene rings is 1. The van der Waals surface area contributed by atoms with E-state index >= 15 is 0 Å². The first kappa shape index (κ1) is 13.6. The fourth-order valence-corrected chi connectivity index (χ4v) is 2.28. The first-order valence-electron chi connectivity index (χ1n) is 6.53. The molecule has 0 aliphatic carbocycles. The molecule has 2 aromatic rings. The van der Waals surface area contributed by atoms with E-state index in [2.05, 4.69) is 12.0 Å². The van der Waals surface area contributed by atoms with Crippen LogP contribution in [0.25, 0.3) is 0 Å². The van der Waals surface area contributed by atoms with Crippen LogP contribution in [0.1, 0.15) is 29.4 Å². The predicted molar refractivity (Wildman–Crippen MR) is 76.3 cm³/mol. The third-order valence-electron chi connectivity index (χ3n) is 3.33. The highest BCUT2D eigenvalue weighted by molar-refractivity contribution is 5.29. The Hall–Kier alpha value is -1.81. The van der Waals surface area contributed by atoms with Crippen LogP contribution in [0.4, 0.5) is 0 Å². The van der Waals surface area contributed by atoms with Crippen LogP contribution in [-0.4, -0.2) is 20.9 Å². The molecule has 4 heteroatoms. The number of rotatable bonds is 4. The molecule has 1 aromatic heterocycles. The van der Waals surface area contributed by atoms with Crippen molar-refractivity contribution in [3.8, 4) is 5.75 Å². The normalized spacial score (nSPS) is 12.6. The van der Waals surface area contributed by atoms with Crippen LogP contribution in [0.5, 0.6) is 5.75 Å². The highest BCUT2D eigenvalue weighted by atomic mass is 16.3. The van der Waals surface area contributed by atoms with Gasteiger partial charge in [-0.2, -0.15) is 5.10 Å². The van der Waals surface area contributed by atoms with Crippen LogP contribution in [-0.2, 0) is 13.0 Å². The van der Waals surface area contributed by atoms with Crippen LogP contribution in [0.3, 0.4) is 0 Å². The molecule has 0 aliphatic rings. The van der Waals surface area contributed by atoms with Gasteiger partial charge < -0.3 is 10.8 Å². The minimum atomic E-state index is 0.142. The summed E-state index contributed by atoms with van der Waals surface area (Å²) in [4.78, 5) is 0. The molecule has 0 aliphatic heterocycles. The number of aromatic hydroxyl groups is 1. The highest BCUT2D eigenvalue weighted by Gasteiger charge is 2.12. The second-order valence-corrected chi connectivity index (χ2v) is 5.15. The van der Waals surface area contributed by atoms with E-state index in [0.29, 0.717) is 6.54 Å². The zero-order valence-electron chi connectivity index (χ0n) is 11.7. The summed E-state index contributed by atoms with van der Waals surface area (Å²) < 4.78 is 2.00. The summed E-state index contributed by atoms with van der Waals surface area (Å²) in [6, 6.07) is 7.37. The summed E-state index contributed by atoms with van der Waals surface area (Å²) in [7, 11) is 0. The van der Waals surface area contributed by atoms with Crippen molar-refractivity contribution in [2.75, 3.05) is 0 Å². The molecule has 1 atom stereocenters. The number of hydrogen-bond donors (Lipinski definition) is 2. The number of aryl methyl sites for hydroxylation is 1. The van der Waals surface area contributed by atoms with E-state index < -0.39 is 0 Å². The van der Waals surface area contributed by atoms with Gasteiger partial charge in [0.15, 0.2) is 0 Å². The van der Waals surface area contributed by atoms with Crippen molar-refractivity contribution < 1.29 is 5.11 Å². The van der Waals surface area contributed by atoms with Crippen LogP contribution >= 0.6 is 0 Å². The molecule has 0 saturated heterocycles. The van der Waals surface area contributed by atoms with Gasteiger partial charge in [-0.25, -0.2) is 0 Å². The molecule has 1 heterocycles. The molecular weight excluding hydrogens is 238 g/mol. The molecule has 2 rings (SSSR count). The lowest BCUT2D eigenvalue weighted by atomic mass is 10.1. The third kappa shape index (κ3) is 3.15. The van der Waals surface area contributed by atoms with E-state index in [-0.39, 0.29) is 11.8 Å². The van der Waals surface area contributed by atoms with E-state index in [0.717, 1.165) is 17.7 Å². The van der Waals surface area contributed by atoms with Gasteiger partial charge in [-0.3, -0.25) is 4.68 Å². The van der Waals surface area contributed by atoms with E-state index in [1.165, 1.54) is 11.3 Å². The first-order valence-corrected chi connectivity index (χ1v) is 6.53. The Labute approximate surface area is 113 Å². The van der Waals surface area contributed by atoms with Gasteiger partial charge in [0, 0.05) is 11.7 Å². The maximum absolute atomic E-state index is 9.29. The minimum Gasteiger partial charge on any atom is -0.508 e. The molecule has 0 radical (unpaired) electrons. The Morgan fingerprint density at radius 3 is 2.47 bits per heavy atom. The monoisotopic (exact) mass is 259 g/mol. The standard InChI is InChI=1S/C15H21N3O/c1-10(16)8-15-11(2)17-18(12(15)3)9-13-4-6-14(19)7-5-13/h4-7,10,19H,8-9,16H2,1-3H3. The van der Waals surface area contributed by atoms with Gasteiger partial charge in [0.1, 0.15) is 5.75 Å². The van der Waals surface area contributed by atoms with Crippen molar-refractivity contribution in [2.45, 2.75) is 39.8 Å². The van der Waals surface area contributed by atoms with Gasteiger partial charge in [0.2, 0.25) is 0 Å². The number of nitrogens with zero attached hydrogens (tertiary/aromatic N) is 2. The molecular formula is C15H21N3O. The van der Waals surface area contributed by atoms with Crippen molar-refractivity contribution in [1.82, 2.24) is 9.78 Å². The Kier molecular flexibility index (Phi) is 3.90. The van der Waals surface area contributed by atoms with Gasteiger partial charge in [-0.1, -0.05) is 12.1 Å². The summed E-state index contributed by atoms with van der Waals surface area (Å²) in [6.07, 6.45) is 0.854. The molecule has 0 bridgehead atoms. The third-order valence-corrected chi connectivity index (χ3v) is 3.33. The summed E-state index contributed by atoms with van der Waals surface area (Å²) >= 11 is 0. The van der Waals surface area contributed by atoms with E-state index in [1.54, 1.807) is 12.1 Å². The Morgan fingerprint density at radius 1 is 1.26 bits per heavy atom. The number of phenols is 1. The molecule has 19 heavy (non-hydrogen) atoms. The van der Waals surface area contributed by atoms with Crippen molar-refractivity contribution in [3.05, 3.63) is 46.8 Å². The molecule has 1 aromatic carbocycles. The van der Waals surface area contributed by atoms with Gasteiger partial charge in [-0.05, 0) is 50.5 Å².